The maximum atomic E-state index is 8.95. The smallest absolute Gasteiger partial charge is 0.148 e. The third-order valence-electron chi connectivity index (χ3n) is 3.20. The van der Waals surface area contributed by atoms with Crippen LogP contribution in [-0.4, -0.2) is 65.8 Å². The summed E-state index contributed by atoms with van der Waals surface area (Å²) in [5.41, 5.74) is 0. The highest BCUT2D eigenvalue weighted by Gasteiger charge is 2.20. The molecule has 0 bridgehead atoms. The molecule has 0 amide bonds. The number of nitrogens with zero attached hydrogens (tertiary/aromatic N) is 4. The maximum Gasteiger partial charge on any atom is 0.148 e. The van der Waals surface area contributed by atoms with Crippen LogP contribution in [0.3, 0.4) is 0 Å². The van der Waals surface area contributed by atoms with Crippen molar-refractivity contribution in [2.45, 2.75) is 6.92 Å². The highest BCUT2D eigenvalue weighted by atomic mass is 79.9. The van der Waals surface area contributed by atoms with Gasteiger partial charge < -0.3 is 15.3 Å². The molecule has 2 heterocycles. The van der Waals surface area contributed by atoms with Crippen LogP contribution < -0.4 is 10.2 Å². The topological polar surface area (TPSA) is 64.5 Å². The number of β-amino-alcohol motifs (C(OH)–C–C–N with tert-alkyl or cyclic N) is 1. The molecule has 1 aliphatic heterocycles. The summed E-state index contributed by atoms with van der Waals surface area (Å²) in [6, 6.07) is 0. The van der Waals surface area contributed by atoms with Gasteiger partial charge in [0.05, 0.1) is 6.61 Å². The fraction of sp³-hybridized carbons (Fsp3) is 0.667. The SMILES string of the molecule is CCNc1ncnc(N2CCN(CCO)CC2)c1Br. The van der Waals surface area contributed by atoms with E-state index in [2.05, 4.69) is 41.0 Å². The summed E-state index contributed by atoms with van der Waals surface area (Å²) in [5.74, 6) is 1.78. The van der Waals surface area contributed by atoms with Crippen LogP contribution in [0.5, 0.6) is 0 Å². The van der Waals surface area contributed by atoms with Gasteiger partial charge in [-0.2, -0.15) is 0 Å². The molecule has 0 atom stereocenters. The molecule has 0 aromatic carbocycles. The zero-order valence-electron chi connectivity index (χ0n) is 11.1. The molecule has 0 aliphatic carbocycles. The van der Waals surface area contributed by atoms with Crippen molar-refractivity contribution in [1.29, 1.82) is 0 Å². The van der Waals surface area contributed by atoms with Gasteiger partial charge in [-0.15, -0.1) is 0 Å². The minimum absolute atomic E-state index is 0.224. The minimum atomic E-state index is 0.224. The van der Waals surface area contributed by atoms with E-state index in [9.17, 15) is 0 Å². The molecular formula is C12H20BrN5O. The Labute approximate surface area is 122 Å². The molecule has 1 aromatic rings. The number of nitrogens with one attached hydrogen (secondary N) is 1. The summed E-state index contributed by atoms with van der Waals surface area (Å²) in [6.07, 6.45) is 1.60. The molecule has 7 heteroatoms. The molecule has 0 unspecified atom stereocenters. The van der Waals surface area contributed by atoms with Crippen LogP contribution in [0, 0.1) is 0 Å². The van der Waals surface area contributed by atoms with Gasteiger partial charge in [-0.05, 0) is 22.9 Å². The summed E-state index contributed by atoms with van der Waals surface area (Å²) >= 11 is 3.58. The van der Waals surface area contributed by atoms with E-state index in [0.29, 0.717) is 0 Å². The van der Waals surface area contributed by atoms with Crippen LogP contribution in [-0.2, 0) is 0 Å². The first-order valence-corrected chi connectivity index (χ1v) is 7.38. The number of hydrogen-bond donors (Lipinski definition) is 2. The maximum absolute atomic E-state index is 8.95. The lowest BCUT2D eigenvalue weighted by Gasteiger charge is -2.35. The number of halogens is 1. The van der Waals surface area contributed by atoms with E-state index in [1.807, 2.05) is 6.92 Å². The lowest BCUT2D eigenvalue weighted by atomic mass is 10.3. The Kier molecular flexibility index (Phi) is 5.35. The van der Waals surface area contributed by atoms with Crippen molar-refractivity contribution in [3.05, 3.63) is 10.8 Å². The number of hydrogen-bond acceptors (Lipinski definition) is 6. The molecule has 0 saturated carbocycles. The highest BCUT2D eigenvalue weighted by Crippen LogP contribution is 2.29. The van der Waals surface area contributed by atoms with E-state index in [1.54, 1.807) is 6.33 Å². The standard InChI is InChI=1S/C12H20BrN5O/c1-2-14-11-10(13)12(16-9-15-11)18-5-3-17(4-6-18)7-8-19/h9,19H,2-8H2,1H3,(H,14,15,16). The Morgan fingerprint density at radius 3 is 2.68 bits per heavy atom. The van der Waals surface area contributed by atoms with Gasteiger partial charge in [-0.3, -0.25) is 4.90 Å². The van der Waals surface area contributed by atoms with Gasteiger partial charge in [-0.25, -0.2) is 9.97 Å². The van der Waals surface area contributed by atoms with Gasteiger partial charge in [0.1, 0.15) is 22.4 Å². The third kappa shape index (κ3) is 3.55. The minimum Gasteiger partial charge on any atom is -0.395 e. The van der Waals surface area contributed by atoms with Gasteiger partial charge in [0.15, 0.2) is 0 Å². The van der Waals surface area contributed by atoms with Gasteiger partial charge in [0.2, 0.25) is 0 Å². The first-order valence-electron chi connectivity index (χ1n) is 6.58. The second-order valence-electron chi connectivity index (χ2n) is 4.44. The van der Waals surface area contributed by atoms with E-state index >= 15 is 0 Å². The summed E-state index contributed by atoms with van der Waals surface area (Å²) in [5, 5.41) is 12.2. The van der Waals surface area contributed by atoms with Crippen molar-refractivity contribution in [1.82, 2.24) is 14.9 Å². The molecule has 0 radical (unpaired) electrons. The van der Waals surface area contributed by atoms with E-state index in [4.69, 9.17) is 5.11 Å². The summed E-state index contributed by atoms with van der Waals surface area (Å²) in [6.45, 7) is 7.59. The largest absolute Gasteiger partial charge is 0.395 e. The number of anilines is 2. The lowest BCUT2D eigenvalue weighted by molar-refractivity contribution is 0.188. The first kappa shape index (κ1) is 14.5. The molecular weight excluding hydrogens is 310 g/mol. The monoisotopic (exact) mass is 329 g/mol. The molecule has 1 saturated heterocycles. The van der Waals surface area contributed by atoms with Crippen LogP contribution in [0.15, 0.2) is 10.8 Å². The van der Waals surface area contributed by atoms with E-state index in [1.165, 1.54) is 0 Å². The number of aromatic nitrogens is 2. The van der Waals surface area contributed by atoms with Gasteiger partial charge >= 0.3 is 0 Å². The van der Waals surface area contributed by atoms with Crippen LogP contribution in [0.4, 0.5) is 11.6 Å². The zero-order chi connectivity index (χ0) is 13.7. The first-order chi connectivity index (χ1) is 9.26. The fourth-order valence-electron chi connectivity index (χ4n) is 2.20. The Bertz CT molecular complexity index is 409. The number of piperazine rings is 1. The average molecular weight is 330 g/mol. The average Bonchev–Trinajstić information content (AvgIpc) is 2.43. The van der Waals surface area contributed by atoms with E-state index in [-0.39, 0.29) is 6.61 Å². The quantitative estimate of drug-likeness (QED) is 0.832. The summed E-state index contributed by atoms with van der Waals surface area (Å²) in [7, 11) is 0. The predicted molar refractivity (Wildman–Crippen MR) is 79.6 cm³/mol. The second kappa shape index (κ2) is 7.02. The second-order valence-corrected chi connectivity index (χ2v) is 5.24. The van der Waals surface area contributed by atoms with Crippen molar-refractivity contribution < 1.29 is 5.11 Å². The molecule has 1 aromatic heterocycles. The molecule has 1 aliphatic rings. The lowest BCUT2D eigenvalue weighted by Crippen LogP contribution is -2.47. The van der Waals surface area contributed by atoms with Crippen LogP contribution in [0.2, 0.25) is 0 Å². The van der Waals surface area contributed by atoms with E-state index < -0.39 is 0 Å². The Balaban J connectivity index is 2.05. The van der Waals surface area contributed by atoms with Gasteiger partial charge in [-0.1, -0.05) is 0 Å². The molecule has 2 rings (SSSR count). The summed E-state index contributed by atoms with van der Waals surface area (Å²) < 4.78 is 0.924. The van der Waals surface area contributed by atoms with Gasteiger partial charge in [0, 0.05) is 39.3 Å². The number of aliphatic hydroxyl groups excluding tert-OH is 1. The predicted octanol–water partition coefficient (Wildman–Crippen LogP) is 0.785. The molecule has 19 heavy (non-hydrogen) atoms. The van der Waals surface area contributed by atoms with Gasteiger partial charge in [0.25, 0.3) is 0 Å². The zero-order valence-corrected chi connectivity index (χ0v) is 12.7. The number of rotatable bonds is 5. The Morgan fingerprint density at radius 1 is 1.32 bits per heavy atom. The molecule has 6 nitrogen and oxygen atoms in total. The number of aliphatic hydroxyl groups is 1. The Hall–Kier alpha value is -0.920. The molecule has 2 N–H and O–H groups in total. The van der Waals surface area contributed by atoms with Crippen molar-refractivity contribution in [3.8, 4) is 0 Å². The van der Waals surface area contributed by atoms with Crippen molar-refractivity contribution in [3.63, 3.8) is 0 Å². The van der Waals surface area contributed by atoms with Crippen LogP contribution in [0.1, 0.15) is 6.92 Å². The van der Waals surface area contributed by atoms with E-state index in [0.717, 1.165) is 55.4 Å². The third-order valence-corrected chi connectivity index (χ3v) is 3.93. The van der Waals surface area contributed by atoms with Crippen molar-refractivity contribution >= 4 is 27.6 Å². The molecule has 0 spiro atoms. The fourth-order valence-corrected chi connectivity index (χ4v) is 2.79. The Morgan fingerprint density at radius 2 is 2.05 bits per heavy atom. The van der Waals surface area contributed by atoms with Crippen LogP contribution >= 0.6 is 15.9 Å². The van der Waals surface area contributed by atoms with Crippen molar-refractivity contribution in [2.75, 3.05) is 56.1 Å². The van der Waals surface area contributed by atoms with Crippen molar-refractivity contribution in [2.24, 2.45) is 0 Å². The highest BCUT2D eigenvalue weighted by molar-refractivity contribution is 9.10. The normalized spacial score (nSPS) is 16.7. The van der Waals surface area contributed by atoms with Crippen LogP contribution in [0.25, 0.3) is 0 Å². The molecule has 1 fully saturated rings. The molecule has 106 valence electrons. The summed E-state index contributed by atoms with van der Waals surface area (Å²) in [4.78, 5) is 13.1.